The number of aromatic nitrogens is 2. The molecular formula is C18H24FN5. The van der Waals surface area contributed by atoms with E-state index < -0.39 is 0 Å². The summed E-state index contributed by atoms with van der Waals surface area (Å²) in [5.41, 5.74) is 3.19. The second-order valence-corrected chi connectivity index (χ2v) is 5.86. The molecule has 2 rings (SSSR count). The maximum atomic E-state index is 13.9. The maximum absolute atomic E-state index is 13.9. The molecular weight excluding hydrogens is 305 g/mol. The molecule has 0 saturated carbocycles. The van der Waals surface area contributed by atoms with Crippen LogP contribution in [0.2, 0.25) is 0 Å². The molecule has 128 valence electrons. The molecule has 5 nitrogen and oxygen atoms in total. The fourth-order valence-corrected chi connectivity index (χ4v) is 2.26. The third-order valence-electron chi connectivity index (χ3n) is 3.77. The van der Waals surface area contributed by atoms with Gasteiger partial charge in [0.25, 0.3) is 0 Å². The Hall–Kier alpha value is -2.50. The van der Waals surface area contributed by atoms with Gasteiger partial charge in [0, 0.05) is 50.3 Å². The molecule has 0 amide bonds. The molecule has 0 radical (unpaired) electrons. The molecule has 24 heavy (non-hydrogen) atoms. The van der Waals surface area contributed by atoms with Crippen molar-refractivity contribution >= 4 is 17.7 Å². The Balaban J connectivity index is 2.15. The van der Waals surface area contributed by atoms with Crippen LogP contribution >= 0.6 is 0 Å². The van der Waals surface area contributed by atoms with Crippen molar-refractivity contribution in [2.75, 3.05) is 18.9 Å². The quantitative estimate of drug-likeness (QED) is 0.623. The van der Waals surface area contributed by atoms with Crippen LogP contribution in [0.1, 0.15) is 25.1 Å². The van der Waals surface area contributed by atoms with E-state index in [1.165, 1.54) is 12.1 Å². The molecule has 6 heteroatoms. The Morgan fingerprint density at radius 3 is 2.83 bits per heavy atom. The lowest BCUT2D eigenvalue weighted by Gasteiger charge is -2.18. The van der Waals surface area contributed by atoms with Gasteiger partial charge in [-0.25, -0.2) is 9.38 Å². The molecule has 0 bridgehead atoms. The van der Waals surface area contributed by atoms with E-state index in [1.807, 2.05) is 32.7 Å². The van der Waals surface area contributed by atoms with Crippen molar-refractivity contribution in [1.29, 1.82) is 0 Å². The fourth-order valence-electron chi connectivity index (χ4n) is 2.26. The van der Waals surface area contributed by atoms with E-state index in [0.717, 1.165) is 23.5 Å². The van der Waals surface area contributed by atoms with Crippen molar-refractivity contribution in [3.63, 3.8) is 0 Å². The van der Waals surface area contributed by atoms with Gasteiger partial charge < -0.3 is 10.2 Å². The maximum Gasteiger partial charge on any atom is 0.127 e. The zero-order valence-corrected chi connectivity index (χ0v) is 14.6. The zero-order chi connectivity index (χ0) is 17.5. The molecule has 1 aromatic heterocycles. The number of aliphatic imine (C=N–C) groups is 1. The van der Waals surface area contributed by atoms with Gasteiger partial charge in [-0.3, -0.25) is 9.97 Å². The number of nitrogens with one attached hydrogen (secondary N) is 1. The van der Waals surface area contributed by atoms with Gasteiger partial charge in [-0.05, 0) is 38.5 Å². The smallest absolute Gasteiger partial charge is 0.127 e. The van der Waals surface area contributed by atoms with Gasteiger partial charge in [0.05, 0.1) is 17.7 Å². The van der Waals surface area contributed by atoms with E-state index in [1.54, 1.807) is 24.9 Å². The molecule has 2 aromatic rings. The van der Waals surface area contributed by atoms with Gasteiger partial charge in [0.2, 0.25) is 0 Å². The summed E-state index contributed by atoms with van der Waals surface area (Å²) in [7, 11) is 1.93. The lowest BCUT2D eigenvalue weighted by atomic mass is 10.1. The largest absolute Gasteiger partial charge is 0.382 e. The molecule has 0 aliphatic rings. The first kappa shape index (κ1) is 17.8. The lowest BCUT2D eigenvalue weighted by molar-refractivity contribution is 0.552. The molecule has 0 aliphatic carbocycles. The first-order valence-corrected chi connectivity index (χ1v) is 8.05. The first-order valence-electron chi connectivity index (χ1n) is 8.05. The van der Waals surface area contributed by atoms with E-state index in [9.17, 15) is 4.39 Å². The normalized spacial score (nSPS) is 12.4. The van der Waals surface area contributed by atoms with Crippen molar-refractivity contribution in [3.05, 3.63) is 47.8 Å². The van der Waals surface area contributed by atoms with E-state index >= 15 is 0 Å². The first-order chi connectivity index (χ1) is 11.5. The van der Waals surface area contributed by atoms with Crippen LogP contribution in [0.15, 0.2) is 35.7 Å². The predicted octanol–water partition coefficient (Wildman–Crippen LogP) is 3.58. The monoisotopic (exact) mass is 329 g/mol. The third kappa shape index (κ3) is 5.01. The zero-order valence-electron chi connectivity index (χ0n) is 14.6. The summed E-state index contributed by atoms with van der Waals surface area (Å²) in [5.74, 6) is -0.305. The third-order valence-corrected chi connectivity index (χ3v) is 3.77. The fraction of sp³-hybridized carbons (Fsp3) is 0.389. The van der Waals surface area contributed by atoms with E-state index in [2.05, 4.69) is 20.3 Å². The summed E-state index contributed by atoms with van der Waals surface area (Å²) in [6, 6.07) is 3.05. The molecule has 1 unspecified atom stereocenters. The molecule has 1 atom stereocenters. The van der Waals surface area contributed by atoms with E-state index in [-0.39, 0.29) is 11.9 Å². The van der Waals surface area contributed by atoms with Gasteiger partial charge in [-0.15, -0.1) is 0 Å². The van der Waals surface area contributed by atoms with Crippen LogP contribution in [0.3, 0.4) is 0 Å². The summed E-state index contributed by atoms with van der Waals surface area (Å²) in [5, 5.41) is 3.35. The second-order valence-electron chi connectivity index (χ2n) is 5.86. The summed E-state index contributed by atoms with van der Waals surface area (Å²) in [6.07, 6.45) is 7.49. The minimum absolute atomic E-state index is 0.0948. The number of nitrogens with zero attached hydrogens (tertiary/aromatic N) is 4. The Kier molecular flexibility index (Phi) is 6.23. The molecule has 1 N–H and O–H groups in total. The number of hydrogen-bond donors (Lipinski definition) is 1. The Labute approximate surface area is 142 Å². The van der Waals surface area contributed by atoms with Crippen LogP contribution in [0.4, 0.5) is 15.8 Å². The number of hydrogen-bond acceptors (Lipinski definition) is 4. The van der Waals surface area contributed by atoms with Crippen LogP contribution in [0.5, 0.6) is 0 Å². The van der Waals surface area contributed by atoms with Crippen LogP contribution < -0.4 is 5.32 Å². The summed E-state index contributed by atoms with van der Waals surface area (Å²) >= 11 is 0. The van der Waals surface area contributed by atoms with Crippen molar-refractivity contribution in [2.45, 2.75) is 33.2 Å². The topological polar surface area (TPSA) is 53.4 Å². The van der Waals surface area contributed by atoms with Crippen molar-refractivity contribution in [1.82, 2.24) is 14.9 Å². The van der Waals surface area contributed by atoms with Crippen molar-refractivity contribution < 1.29 is 4.39 Å². The standard InChI is InChI=1S/C18H24FN5/c1-5-24(4)12-22-17-9-15(19)10-18(14(17)3)23-13(2)8-16-11-20-6-7-21-16/h6-7,9-13,23H,5,8H2,1-4H3. The SMILES string of the molecule is CCN(C)C=Nc1cc(F)cc(NC(C)Cc2cnccn2)c1C. The van der Waals surface area contributed by atoms with Gasteiger partial charge in [0.15, 0.2) is 0 Å². The lowest BCUT2D eigenvalue weighted by Crippen LogP contribution is -2.19. The summed E-state index contributed by atoms with van der Waals surface area (Å²) in [6.45, 7) is 6.85. The summed E-state index contributed by atoms with van der Waals surface area (Å²) in [4.78, 5) is 14.7. The predicted molar refractivity (Wildman–Crippen MR) is 96.4 cm³/mol. The number of benzene rings is 1. The Bertz CT molecular complexity index is 687. The highest BCUT2D eigenvalue weighted by Crippen LogP contribution is 2.28. The van der Waals surface area contributed by atoms with Gasteiger partial charge >= 0.3 is 0 Å². The van der Waals surface area contributed by atoms with E-state index in [4.69, 9.17) is 0 Å². The molecule has 0 aliphatic heterocycles. The van der Waals surface area contributed by atoms with Gasteiger partial charge in [-0.2, -0.15) is 0 Å². The number of rotatable bonds is 7. The van der Waals surface area contributed by atoms with Gasteiger partial charge in [0.1, 0.15) is 5.82 Å². The van der Waals surface area contributed by atoms with E-state index in [0.29, 0.717) is 12.1 Å². The Morgan fingerprint density at radius 1 is 1.38 bits per heavy atom. The minimum atomic E-state index is -0.305. The molecule has 0 saturated heterocycles. The molecule has 0 fully saturated rings. The van der Waals surface area contributed by atoms with Crippen molar-refractivity contribution in [2.24, 2.45) is 4.99 Å². The van der Waals surface area contributed by atoms with Crippen molar-refractivity contribution in [3.8, 4) is 0 Å². The average Bonchev–Trinajstić information content (AvgIpc) is 2.57. The number of halogens is 1. The number of anilines is 1. The molecule has 1 aromatic carbocycles. The van der Waals surface area contributed by atoms with Gasteiger partial charge in [-0.1, -0.05) is 0 Å². The minimum Gasteiger partial charge on any atom is -0.382 e. The summed E-state index contributed by atoms with van der Waals surface area (Å²) < 4.78 is 13.9. The van der Waals surface area contributed by atoms with Crippen LogP contribution in [-0.4, -0.2) is 40.8 Å². The highest BCUT2D eigenvalue weighted by molar-refractivity contribution is 5.68. The Morgan fingerprint density at radius 2 is 2.17 bits per heavy atom. The second kappa shape index (κ2) is 8.38. The van der Waals surface area contributed by atoms with Crippen LogP contribution in [0.25, 0.3) is 0 Å². The van der Waals surface area contributed by atoms with Crippen LogP contribution in [-0.2, 0) is 6.42 Å². The van der Waals surface area contributed by atoms with Crippen LogP contribution in [0, 0.1) is 12.7 Å². The average molecular weight is 329 g/mol. The molecule has 1 heterocycles. The highest BCUT2D eigenvalue weighted by Gasteiger charge is 2.11. The highest BCUT2D eigenvalue weighted by atomic mass is 19.1. The molecule has 0 spiro atoms.